The van der Waals surface area contributed by atoms with Crippen LogP contribution in [0.5, 0.6) is 0 Å². The molecule has 0 aliphatic rings. The lowest BCUT2D eigenvalue weighted by atomic mass is 9.96. The topological polar surface area (TPSA) is 37.3 Å². The van der Waals surface area contributed by atoms with Gasteiger partial charge in [-0.1, -0.05) is 56.3 Å². The molecule has 1 atom stereocenters. The van der Waals surface area contributed by atoms with Crippen molar-refractivity contribution < 1.29 is 9.90 Å². The largest absolute Gasteiger partial charge is 0.481 e. The van der Waals surface area contributed by atoms with Crippen LogP contribution in [0.2, 0.25) is 0 Å². The van der Waals surface area contributed by atoms with E-state index in [1.54, 1.807) is 11.8 Å². The second-order valence-electron chi connectivity index (χ2n) is 5.26. The normalized spacial score (nSPS) is 12.8. The quantitative estimate of drug-likeness (QED) is 0.864. The van der Waals surface area contributed by atoms with Gasteiger partial charge in [0.25, 0.3) is 0 Å². The molecule has 20 heavy (non-hydrogen) atoms. The van der Waals surface area contributed by atoms with E-state index >= 15 is 0 Å². The fraction of sp³-hybridized carbons (Fsp3) is 0.353. The monoisotopic (exact) mass is 288 g/mol. The Morgan fingerprint density at radius 3 is 2.55 bits per heavy atom. The van der Waals surface area contributed by atoms with Crippen LogP contribution < -0.4 is 0 Å². The molecule has 0 saturated carbocycles. The number of aliphatic carboxylic acids is 1. The van der Waals surface area contributed by atoms with Gasteiger partial charge in [-0.3, -0.25) is 4.79 Å². The minimum Gasteiger partial charge on any atom is -0.481 e. The maximum absolute atomic E-state index is 11.4. The Balaban J connectivity index is 2.22. The lowest BCUT2D eigenvalue weighted by Crippen LogP contribution is -2.20. The predicted octanol–water partition coefficient (Wildman–Crippen LogP) is 4.22. The maximum Gasteiger partial charge on any atom is 0.307 e. The van der Waals surface area contributed by atoms with Crippen LogP contribution in [0.25, 0.3) is 10.8 Å². The molecular formula is C17H20O2S. The Morgan fingerprint density at radius 1 is 1.15 bits per heavy atom. The molecule has 0 aliphatic carbocycles. The third-order valence-electron chi connectivity index (χ3n) is 3.33. The van der Waals surface area contributed by atoms with E-state index < -0.39 is 5.97 Å². The van der Waals surface area contributed by atoms with Gasteiger partial charge in [0.1, 0.15) is 0 Å². The number of carbonyl (C=O) groups is 1. The SMILES string of the molecule is CC(C)SCC(Cc1cccc2ccccc12)C(=O)O. The molecule has 0 fully saturated rings. The van der Waals surface area contributed by atoms with Crippen LogP contribution in [-0.2, 0) is 11.2 Å². The number of carboxylic acids is 1. The third-order valence-corrected chi connectivity index (χ3v) is 4.59. The number of hydrogen-bond donors (Lipinski definition) is 1. The van der Waals surface area contributed by atoms with Crippen molar-refractivity contribution in [2.45, 2.75) is 25.5 Å². The molecule has 2 nitrogen and oxygen atoms in total. The highest BCUT2D eigenvalue weighted by molar-refractivity contribution is 7.99. The summed E-state index contributed by atoms with van der Waals surface area (Å²) in [6.45, 7) is 4.20. The zero-order chi connectivity index (χ0) is 14.5. The van der Waals surface area contributed by atoms with E-state index in [-0.39, 0.29) is 5.92 Å². The van der Waals surface area contributed by atoms with Gasteiger partial charge in [-0.05, 0) is 28.0 Å². The first kappa shape index (κ1) is 14.9. The van der Waals surface area contributed by atoms with E-state index in [1.807, 2.05) is 24.3 Å². The van der Waals surface area contributed by atoms with Crippen molar-refractivity contribution in [3.05, 3.63) is 48.0 Å². The highest BCUT2D eigenvalue weighted by Gasteiger charge is 2.19. The van der Waals surface area contributed by atoms with Gasteiger partial charge < -0.3 is 5.11 Å². The summed E-state index contributed by atoms with van der Waals surface area (Å²) >= 11 is 1.71. The van der Waals surface area contributed by atoms with Gasteiger partial charge in [-0.2, -0.15) is 11.8 Å². The van der Waals surface area contributed by atoms with Crippen LogP contribution in [0.15, 0.2) is 42.5 Å². The van der Waals surface area contributed by atoms with Gasteiger partial charge in [0.15, 0.2) is 0 Å². The summed E-state index contributed by atoms with van der Waals surface area (Å²) in [5.41, 5.74) is 1.12. The van der Waals surface area contributed by atoms with Crippen LogP contribution in [-0.4, -0.2) is 22.1 Å². The number of rotatable bonds is 6. The van der Waals surface area contributed by atoms with Gasteiger partial charge in [0, 0.05) is 5.75 Å². The minimum absolute atomic E-state index is 0.326. The maximum atomic E-state index is 11.4. The first-order valence-corrected chi connectivity index (χ1v) is 7.94. The summed E-state index contributed by atoms with van der Waals surface area (Å²) in [6.07, 6.45) is 0.594. The molecule has 106 valence electrons. The summed E-state index contributed by atoms with van der Waals surface area (Å²) in [7, 11) is 0. The third kappa shape index (κ3) is 3.76. The Labute approximate surface area is 124 Å². The molecule has 0 aromatic heterocycles. The summed E-state index contributed by atoms with van der Waals surface area (Å²) in [5.74, 6) is -0.366. The smallest absolute Gasteiger partial charge is 0.307 e. The molecule has 0 radical (unpaired) electrons. The molecule has 1 unspecified atom stereocenters. The van der Waals surface area contributed by atoms with E-state index in [4.69, 9.17) is 0 Å². The van der Waals surface area contributed by atoms with Gasteiger partial charge in [-0.25, -0.2) is 0 Å². The van der Waals surface area contributed by atoms with Crippen molar-refractivity contribution in [2.24, 2.45) is 5.92 Å². The summed E-state index contributed by atoms with van der Waals surface area (Å²) < 4.78 is 0. The fourth-order valence-electron chi connectivity index (χ4n) is 2.26. The predicted molar refractivity (Wildman–Crippen MR) is 86.4 cm³/mol. The summed E-state index contributed by atoms with van der Waals surface area (Å²) in [5, 5.41) is 12.2. The molecule has 0 saturated heterocycles. The van der Waals surface area contributed by atoms with Crippen LogP contribution in [0.3, 0.4) is 0 Å². The fourth-order valence-corrected chi connectivity index (χ4v) is 3.14. The number of carboxylic acid groups (broad SMARTS) is 1. The Bertz CT molecular complexity index is 587. The van der Waals surface area contributed by atoms with Gasteiger partial charge in [0.2, 0.25) is 0 Å². The van der Waals surface area contributed by atoms with Crippen molar-refractivity contribution in [1.82, 2.24) is 0 Å². The summed E-state index contributed by atoms with van der Waals surface area (Å²) in [4.78, 5) is 11.4. The highest BCUT2D eigenvalue weighted by atomic mass is 32.2. The van der Waals surface area contributed by atoms with Crippen LogP contribution >= 0.6 is 11.8 Å². The van der Waals surface area contributed by atoms with E-state index in [1.165, 1.54) is 5.39 Å². The second-order valence-corrected chi connectivity index (χ2v) is 6.87. The molecule has 1 N–H and O–H groups in total. The van der Waals surface area contributed by atoms with Crippen molar-refractivity contribution in [3.8, 4) is 0 Å². The number of benzene rings is 2. The molecule has 2 rings (SSSR count). The molecule has 0 spiro atoms. The van der Waals surface area contributed by atoms with Crippen molar-refractivity contribution in [1.29, 1.82) is 0 Å². The molecule has 2 aromatic rings. The van der Waals surface area contributed by atoms with Gasteiger partial charge in [0.05, 0.1) is 5.92 Å². The lowest BCUT2D eigenvalue weighted by molar-refractivity contribution is -0.140. The van der Waals surface area contributed by atoms with E-state index in [9.17, 15) is 9.90 Å². The van der Waals surface area contributed by atoms with Crippen LogP contribution in [0.1, 0.15) is 19.4 Å². The van der Waals surface area contributed by atoms with E-state index in [2.05, 4.69) is 32.0 Å². The molecule has 0 heterocycles. The lowest BCUT2D eigenvalue weighted by Gasteiger charge is -2.15. The van der Waals surface area contributed by atoms with Crippen LogP contribution in [0.4, 0.5) is 0 Å². The van der Waals surface area contributed by atoms with Gasteiger partial charge >= 0.3 is 5.97 Å². The standard InChI is InChI=1S/C17H20O2S/c1-12(2)20-11-15(17(18)19)10-14-8-5-7-13-6-3-4-9-16(13)14/h3-9,12,15H,10-11H2,1-2H3,(H,18,19). The highest BCUT2D eigenvalue weighted by Crippen LogP contribution is 2.24. The number of fused-ring (bicyclic) bond motifs is 1. The zero-order valence-corrected chi connectivity index (χ0v) is 12.7. The van der Waals surface area contributed by atoms with E-state index in [0.29, 0.717) is 17.4 Å². The van der Waals surface area contributed by atoms with Crippen molar-refractivity contribution in [2.75, 3.05) is 5.75 Å². The Morgan fingerprint density at radius 2 is 1.85 bits per heavy atom. The number of hydrogen-bond acceptors (Lipinski definition) is 2. The van der Waals surface area contributed by atoms with E-state index in [0.717, 1.165) is 10.9 Å². The Hall–Kier alpha value is -1.48. The summed E-state index contributed by atoms with van der Waals surface area (Å²) in [6, 6.07) is 14.3. The first-order chi connectivity index (χ1) is 9.58. The first-order valence-electron chi connectivity index (χ1n) is 6.89. The molecular weight excluding hydrogens is 268 g/mol. The van der Waals surface area contributed by atoms with Gasteiger partial charge in [-0.15, -0.1) is 0 Å². The van der Waals surface area contributed by atoms with Crippen LogP contribution in [0, 0.1) is 5.92 Å². The van der Waals surface area contributed by atoms with Crippen molar-refractivity contribution in [3.63, 3.8) is 0 Å². The molecule has 3 heteroatoms. The van der Waals surface area contributed by atoms with Crippen molar-refractivity contribution >= 4 is 28.5 Å². The molecule has 0 bridgehead atoms. The average Bonchev–Trinajstić information content (AvgIpc) is 2.43. The minimum atomic E-state index is -0.703. The zero-order valence-electron chi connectivity index (χ0n) is 11.9. The number of thioether (sulfide) groups is 1. The molecule has 2 aromatic carbocycles. The Kier molecular flexibility index (Phi) is 5.07. The molecule has 0 amide bonds. The average molecular weight is 288 g/mol. The second kappa shape index (κ2) is 6.80. The molecule has 0 aliphatic heterocycles.